The zero-order valence-corrected chi connectivity index (χ0v) is 18.5. The number of nitrogens with zero attached hydrogens (tertiary/aromatic N) is 3. The number of hydrogen-bond donors (Lipinski definition) is 1. The lowest BCUT2D eigenvalue weighted by Gasteiger charge is -2.37. The van der Waals surface area contributed by atoms with Crippen molar-refractivity contribution < 1.29 is 18.0 Å². The van der Waals surface area contributed by atoms with Crippen LogP contribution in [0.25, 0.3) is 0 Å². The number of alkyl halides is 3. The molecule has 5 nitrogen and oxygen atoms in total. The van der Waals surface area contributed by atoms with Gasteiger partial charge in [-0.2, -0.15) is 13.2 Å². The van der Waals surface area contributed by atoms with Crippen LogP contribution in [0.2, 0.25) is 0 Å². The fourth-order valence-electron chi connectivity index (χ4n) is 4.04. The van der Waals surface area contributed by atoms with Gasteiger partial charge in [-0.05, 0) is 42.7 Å². The minimum Gasteiger partial charge on any atom is -0.349 e. The van der Waals surface area contributed by atoms with Crippen LogP contribution < -0.4 is 5.32 Å². The number of amides is 1. The molecule has 0 bridgehead atoms. The zero-order valence-electron chi connectivity index (χ0n) is 17.7. The molecule has 33 heavy (non-hydrogen) atoms. The van der Waals surface area contributed by atoms with Crippen LogP contribution in [0, 0.1) is 0 Å². The van der Waals surface area contributed by atoms with Gasteiger partial charge in [0.15, 0.2) is 0 Å². The first-order valence-electron chi connectivity index (χ1n) is 10.4. The smallest absolute Gasteiger partial charge is 0.349 e. The first-order valence-corrected chi connectivity index (χ1v) is 10.4. The Morgan fingerprint density at radius 1 is 1.00 bits per heavy atom. The van der Waals surface area contributed by atoms with Crippen molar-refractivity contribution >= 4 is 18.3 Å². The fourth-order valence-corrected chi connectivity index (χ4v) is 4.04. The average Bonchev–Trinajstić information content (AvgIpc) is 2.81. The first kappa shape index (κ1) is 24.7. The Bertz CT molecular complexity index is 1030. The highest BCUT2D eigenvalue weighted by Crippen LogP contribution is 2.33. The van der Waals surface area contributed by atoms with Crippen molar-refractivity contribution in [2.75, 3.05) is 13.1 Å². The van der Waals surface area contributed by atoms with E-state index in [0.29, 0.717) is 24.3 Å². The summed E-state index contributed by atoms with van der Waals surface area (Å²) >= 11 is 0. The molecule has 1 amide bonds. The number of aromatic nitrogens is 2. The molecule has 2 aromatic carbocycles. The van der Waals surface area contributed by atoms with E-state index in [9.17, 15) is 18.0 Å². The SMILES string of the molecule is Cl.O=C(NC1CCN(C(c2ccc(C(F)(F)F)cc2)c2cnccn2)CC1)c1ccccc1. The quantitative estimate of drug-likeness (QED) is 0.569. The molecular formula is C24H24ClF3N4O. The van der Waals surface area contributed by atoms with Gasteiger partial charge in [-0.15, -0.1) is 12.4 Å². The van der Waals surface area contributed by atoms with Crippen LogP contribution in [0.15, 0.2) is 73.2 Å². The maximum absolute atomic E-state index is 13.0. The molecule has 1 unspecified atom stereocenters. The maximum atomic E-state index is 13.0. The van der Waals surface area contributed by atoms with Crippen LogP contribution in [0.3, 0.4) is 0 Å². The van der Waals surface area contributed by atoms with Crippen LogP contribution in [-0.2, 0) is 6.18 Å². The predicted molar refractivity (Wildman–Crippen MR) is 121 cm³/mol. The van der Waals surface area contributed by atoms with E-state index in [1.165, 1.54) is 12.1 Å². The highest BCUT2D eigenvalue weighted by molar-refractivity contribution is 5.94. The Kier molecular flexibility index (Phi) is 8.05. The van der Waals surface area contributed by atoms with Crippen molar-refractivity contribution in [2.45, 2.75) is 31.1 Å². The summed E-state index contributed by atoms with van der Waals surface area (Å²) in [6.45, 7) is 1.34. The lowest BCUT2D eigenvalue weighted by molar-refractivity contribution is -0.137. The van der Waals surface area contributed by atoms with Crippen molar-refractivity contribution in [2.24, 2.45) is 0 Å². The highest BCUT2D eigenvalue weighted by Gasteiger charge is 2.32. The van der Waals surface area contributed by atoms with Gasteiger partial charge in [0.05, 0.1) is 23.5 Å². The Morgan fingerprint density at radius 3 is 2.24 bits per heavy atom. The summed E-state index contributed by atoms with van der Waals surface area (Å²) in [5, 5.41) is 3.08. The van der Waals surface area contributed by atoms with Crippen LogP contribution in [0.1, 0.15) is 46.1 Å². The number of rotatable bonds is 5. The summed E-state index contributed by atoms with van der Waals surface area (Å²) in [5.74, 6) is -0.0998. The van der Waals surface area contributed by atoms with Gasteiger partial charge >= 0.3 is 6.18 Å². The second-order valence-corrected chi connectivity index (χ2v) is 7.80. The normalized spacial score (nSPS) is 16.0. The number of nitrogens with one attached hydrogen (secondary N) is 1. The Morgan fingerprint density at radius 2 is 1.67 bits per heavy atom. The number of carbonyl (C=O) groups excluding carboxylic acids is 1. The molecule has 1 aromatic heterocycles. The minimum absolute atomic E-state index is 0. The lowest BCUT2D eigenvalue weighted by Crippen LogP contribution is -2.46. The topological polar surface area (TPSA) is 58.1 Å². The third-order valence-electron chi connectivity index (χ3n) is 5.68. The van der Waals surface area contributed by atoms with Gasteiger partial charge in [-0.1, -0.05) is 30.3 Å². The molecule has 1 aliphatic heterocycles. The molecule has 4 rings (SSSR count). The van der Waals surface area contributed by atoms with E-state index in [0.717, 1.165) is 30.5 Å². The molecule has 174 valence electrons. The second-order valence-electron chi connectivity index (χ2n) is 7.80. The fraction of sp³-hybridized carbons (Fsp3) is 0.292. The predicted octanol–water partition coefficient (Wildman–Crippen LogP) is 4.90. The zero-order chi connectivity index (χ0) is 22.6. The van der Waals surface area contributed by atoms with E-state index in [-0.39, 0.29) is 30.4 Å². The minimum atomic E-state index is -4.38. The van der Waals surface area contributed by atoms with Crippen molar-refractivity contribution in [1.82, 2.24) is 20.2 Å². The molecule has 0 radical (unpaired) electrons. The van der Waals surface area contributed by atoms with Crippen LogP contribution >= 0.6 is 12.4 Å². The lowest BCUT2D eigenvalue weighted by atomic mass is 9.96. The van der Waals surface area contributed by atoms with E-state index >= 15 is 0 Å². The summed E-state index contributed by atoms with van der Waals surface area (Å²) in [6, 6.07) is 14.0. The molecule has 1 atom stereocenters. The van der Waals surface area contributed by atoms with Gasteiger partial charge in [0.25, 0.3) is 5.91 Å². The summed E-state index contributed by atoms with van der Waals surface area (Å²) in [5.41, 5.74) is 1.35. The van der Waals surface area contributed by atoms with Crippen molar-refractivity contribution in [1.29, 1.82) is 0 Å². The van der Waals surface area contributed by atoms with E-state index in [4.69, 9.17) is 0 Å². The number of carbonyl (C=O) groups is 1. The van der Waals surface area contributed by atoms with Gasteiger partial charge in [0.1, 0.15) is 0 Å². The average molecular weight is 477 g/mol. The molecular weight excluding hydrogens is 453 g/mol. The maximum Gasteiger partial charge on any atom is 0.416 e. The third kappa shape index (κ3) is 6.09. The molecule has 1 fully saturated rings. The molecule has 1 aliphatic rings. The van der Waals surface area contributed by atoms with E-state index in [1.54, 1.807) is 30.7 Å². The van der Waals surface area contributed by atoms with Crippen molar-refractivity contribution in [3.63, 3.8) is 0 Å². The third-order valence-corrected chi connectivity index (χ3v) is 5.68. The molecule has 1 N–H and O–H groups in total. The van der Waals surface area contributed by atoms with Gasteiger partial charge in [0, 0.05) is 37.1 Å². The van der Waals surface area contributed by atoms with Gasteiger partial charge in [0.2, 0.25) is 0 Å². The van der Waals surface area contributed by atoms with Gasteiger partial charge < -0.3 is 5.32 Å². The van der Waals surface area contributed by atoms with Crippen LogP contribution in [0.5, 0.6) is 0 Å². The molecule has 0 spiro atoms. The molecule has 0 saturated carbocycles. The number of likely N-dealkylation sites (tertiary alicyclic amines) is 1. The number of benzene rings is 2. The number of halogens is 4. The standard InChI is InChI=1S/C24H23F3N4O.ClH/c25-24(26,27)19-8-6-17(7-9-19)22(21-16-28-12-13-29-21)31-14-10-20(11-15-31)30-23(32)18-4-2-1-3-5-18;/h1-9,12-13,16,20,22H,10-11,14-15H2,(H,30,32);1H. The largest absolute Gasteiger partial charge is 0.416 e. The van der Waals surface area contributed by atoms with E-state index < -0.39 is 11.7 Å². The van der Waals surface area contributed by atoms with Gasteiger partial charge in [-0.25, -0.2) is 0 Å². The van der Waals surface area contributed by atoms with E-state index in [1.807, 2.05) is 18.2 Å². The monoisotopic (exact) mass is 476 g/mol. The highest BCUT2D eigenvalue weighted by atomic mass is 35.5. The van der Waals surface area contributed by atoms with Crippen molar-refractivity contribution in [3.05, 3.63) is 95.6 Å². The second kappa shape index (κ2) is 10.8. The molecule has 2 heterocycles. The van der Waals surface area contributed by atoms with Crippen LogP contribution in [-0.4, -0.2) is 39.9 Å². The number of hydrogen-bond acceptors (Lipinski definition) is 4. The van der Waals surface area contributed by atoms with E-state index in [2.05, 4.69) is 20.2 Å². The molecule has 1 saturated heterocycles. The summed E-state index contributed by atoms with van der Waals surface area (Å²) < 4.78 is 39.0. The first-order chi connectivity index (χ1) is 15.4. The molecule has 3 aromatic rings. The summed E-state index contributed by atoms with van der Waals surface area (Å²) in [4.78, 5) is 23.2. The number of piperidine rings is 1. The summed E-state index contributed by atoms with van der Waals surface area (Å²) in [7, 11) is 0. The Balaban J connectivity index is 0.00000306. The summed E-state index contributed by atoms with van der Waals surface area (Å²) in [6.07, 6.45) is 1.88. The van der Waals surface area contributed by atoms with Crippen molar-refractivity contribution in [3.8, 4) is 0 Å². The molecule has 0 aliphatic carbocycles. The molecule has 9 heteroatoms. The van der Waals surface area contributed by atoms with Crippen LogP contribution in [0.4, 0.5) is 13.2 Å². The Labute approximate surface area is 196 Å². The van der Waals surface area contributed by atoms with Gasteiger partial charge in [-0.3, -0.25) is 19.7 Å². The Hall–Kier alpha value is -2.97.